The molecule has 0 spiro atoms. The summed E-state index contributed by atoms with van der Waals surface area (Å²) < 4.78 is 5.33. The number of hydrogen-bond donors (Lipinski definition) is 0. The first-order valence-electron chi connectivity index (χ1n) is 6.39. The van der Waals surface area contributed by atoms with Crippen LogP contribution < -0.4 is 0 Å². The molecule has 1 aromatic heterocycles. The molecular weight excluding hydrogens is 236 g/mol. The topological polar surface area (TPSA) is 30.2 Å². The van der Waals surface area contributed by atoms with E-state index >= 15 is 0 Å². The maximum Gasteiger partial charge on any atom is 0.188 e. The highest BCUT2D eigenvalue weighted by Crippen LogP contribution is 2.38. The third-order valence-corrected chi connectivity index (χ3v) is 3.53. The normalized spacial score (nSPS) is 18.7. The highest BCUT2D eigenvalue weighted by molar-refractivity contribution is 6.29. The van der Waals surface area contributed by atoms with Gasteiger partial charge in [-0.15, -0.1) is 0 Å². The molecule has 2 heteroatoms. The van der Waals surface area contributed by atoms with Gasteiger partial charge in [0.05, 0.1) is 6.26 Å². The molecule has 0 N–H and O–H groups in total. The van der Waals surface area contributed by atoms with Crippen LogP contribution in [0.2, 0.25) is 0 Å². The van der Waals surface area contributed by atoms with E-state index in [1.807, 2.05) is 24.3 Å². The van der Waals surface area contributed by atoms with Crippen LogP contribution in [0.25, 0.3) is 16.5 Å². The summed E-state index contributed by atoms with van der Waals surface area (Å²) in [4.78, 5) is 12.3. The summed E-state index contributed by atoms with van der Waals surface area (Å²) in [5.74, 6) is 0.0576. The number of rotatable bonds is 1. The van der Waals surface area contributed by atoms with E-state index in [0.29, 0.717) is 5.57 Å². The van der Waals surface area contributed by atoms with Crippen molar-refractivity contribution < 1.29 is 9.21 Å². The van der Waals surface area contributed by atoms with Crippen LogP contribution in [-0.4, -0.2) is 5.78 Å². The lowest BCUT2D eigenvalue weighted by Crippen LogP contribution is -2.21. The van der Waals surface area contributed by atoms with Crippen LogP contribution in [0, 0.1) is 5.41 Å². The first-order valence-corrected chi connectivity index (χ1v) is 6.39. The molecule has 2 aromatic rings. The Balaban J connectivity index is 2.15. The fraction of sp³-hybridized carbons (Fsp3) is 0.235. The van der Waals surface area contributed by atoms with Gasteiger partial charge in [-0.1, -0.05) is 32.6 Å². The molecule has 0 bridgehead atoms. The van der Waals surface area contributed by atoms with Crippen LogP contribution in [-0.2, 0) is 4.79 Å². The van der Waals surface area contributed by atoms with Gasteiger partial charge in [-0.05, 0) is 41.2 Å². The molecule has 19 heavy (non-hydrogen) atoms. The third kappa shape index (κ3) is 2.03. The van der Waals surface area contributed by atoms with Gasteiger partial charge in [0.25, 0.3) is 0 Å². The molecule has 0 saturated carbocycles. The molecule has 96 valence electrons. The fourth-order valence-corrected chi connectivity index (χ4v) is 2.68. The van der Waals surface area contributed by atoms with Crippen LogP contribution >= 0.6 is 0 Å². The quantitative estimate of drug-likeness (QED) is 0.705. The second-order valence-corrected chi connectivity index (χ2v) is 5.83. The van der Waals surface area contributed by atoms with E-state index in [-0.39, 0.29) is 11.2 Å². The van der Waals surface area contributed by atoms with Crippen LogP contribution in [0.15, 0.2) is 53.2 Å². The van der Waals surface area contributed by atoms with Crippen molar-refractivity contribution in [2.75, 3.05) is 0 Å². The van der Waals surface area contributed by atoms with Gasteiger partial charge in [0.15, 0.2) is 5.78 Å². The number of carbonyl (C=O) groups is 1. The lowest BCUT2D eigenvalue weighted by atomic mass is 9.75. The van der Waals surface area contributed by atoms with E-state index in [0.717, 1.165) is 28.5 Å². The van der Waals surface area contributed by atoms with E-state index < -0.39 is 0 Å². The van der Waals surface area contributed by atoms with Crippen molar-refractivity contribution in [2.45, 2.75) is 20.3 Å². The van der Waals surface area contributed by atoms with E-state index in [1.165, 1.54) is 0 Å². The SMILES string of the molecule is C=C1CC(C)(C)C=C(c2ccc3occc3c2)C1=O. The molecule has 1 aliphatic carbocycles. The highest BCUT2D eigenvalue weighted by atomic mass is 16.3. The minimum Gasteiger partial charge on any atom is -0.464 e. The number of furan rings is 1. The Morgan fingerprint density at radius 3 is 2.84 bits per heavy atom. The zero-order valence-electron chi connectivity index (χ0n) is 11.2. The summed E-state index contributed by atoms with van der Waals surface area (Å²) in [6.45, 7) is 8.16. The second-order valence-electron chi connectivity index (χ2n) is 5.83. The number of hydrogen-bond acceptors (Lipinski definition) is 2. The Hall–Kier alpha value is -2.09. The summed E-state index contributed by atoms with van der Waals surface area (Å²) in [6.07, 6.45) is 4.45. The van der Waals surface area contributed by atoms with Gasteiger partial charge in [-0.3, -0.25) is 4.79 Å². The van der Waals surface area contributed by atoms with Gasteiger partial charge in [0.2, 0.25) is 0 Å². The molecule has 1 heterocycles. The molecule has 3 rings (SSSR count). The largest absolute Gasteiger partial charge is 0.464 e. The lowest BCUT2D eigenvalue weighted by Gasteiger charge is -2.28. The molecule has 0 unspecified atom stereocenters. The molecular formula is C17H16O2. The molecule has 0 saturated heterocycles. The number of ketones is 1. The number of benzene rings is 1. The van der Waals surface area contributed by atoms with Crippen LogP contribution in [0.1, 0.15) is 25.8 Å². The summed E-state index contributed by atoms with van der Waals surface area (Å²) in [6, 6.07) is 7.75. The summed E-state index contributed by atoms with van der Waals surface area (Å²) in [7, 11) is 0. The van der Waals surface area contributed by atoms with E-state index in [2.05, 4.69) is 26.5 Å². The molecule has 2 nitrogen and oxygen atoms in total. The van der Waals surface area contributed by atoms with Gasteiger partial charge >= 0.3 is 0 Å². The third-order valence-electron chi connectivity index (χ3n) is 3.53. The Morgan fingerprint density at radius 2 is 2.05 bits per heavy atom. The van der Waals surface area contributed by atoms with Crippen molar-refractivity contribution in [1.29, 1.82) is 0 Å². The van der Waals surface area contributed by atoms with Gasteiger partial charge in [-0.2, -0.15) is 0 Å². The van der Waals surface area contributed by atoms with Crippen LogP contribution in [0.5, 0.6) is 0 Å². The number of allylic oxidation sites excluding steroid dienone is 3. The zero-order chi connectivity index (χ0) is 13.6. The minimum atomic E-state index is -0.0221. The predicted octanol–water partition coefficient (Wildman–Crippen LogP) is 4.37. The molecule has 0 amide bonds. The van der Waals surface area contributed by atoms with Crippen molar-refractivity contribution >= 4 is 22.3 Å². The molecule has 0 atom stereocenters. The van der Waals surface area contributed by atoms with Gasteiger partial charge in [0, 0.05) is 11.0 Å². The van der Waals surface area contributed by atoms with Crippen molar-refractivity contribution in [3.63, 3.8) is 0 Å². The predicted molar refractivity (Wildman–Crippen MR) is 76.7 cm³/mol. The Labute approximate surface area is 112 Å². The molecule has 1 aliphatic rings. The molecule has 0 fully saturated rings. The van der Waals surface area contributed by atoms with Crippen LogP contribution in [0.3, 0.4) is 0 Å². The average Bonchev–Trinajstić information content (AvgIpc) is 2.80. The highest BCUT2D eigenvalue weighted by Gasteiger charge is 2.29. The number of Topliss-reactive ketones (excluding diaryl/α,β-unsaturated/α-hetero) is 1. The van der Waals surface area contributed by atoms with Crippen molar-refractivity contribution in [2.24, 2.45) is 5.41 Å². The molecule has 0 radical (unpaired) electrons. The number of fused-ring (bicyclic) bond motifs is 1. The summed E-state index contributed by atoms with van der Waals surface area (Å²) in [5.41, 5.74) is 3.20. The lowest BCUT2D eigenvalue weighted by molar-refractivity contribution is -0.111. The standard InChI is InChI=1S/C17H16O2/c1-11-9-17(2,3)10-14(16(11)18)12-4-5-15-13(8-12)6-7-19-15/h4-8,10H,1,9H2,2-3H3. The van der Waals surface area contributed by atoms with E-state index in [4.69, 9.17) is 4.42 Å². The Morgan fingerprint density at radius 1 is 1.26 bits per heavy atom. The number of carbonyl (C=O) groups excluding carboxylic acids is 1. The van der Waals surface area contributed by atoms with Crippen molar-refractivity contribution in [1.82, 2.24) is 0 Å². The average molecular weight is 252 g/mol. The molecule has 1 aromatic carbocycles. The Kier molecular flexibility index (Phi) is 2.49. The molecule has 0 aliphatic heterocycles. The monoisotopic (exact) mass is 252 g/mol. The first-order chi connectivity index (χ1) is 8.96. The maximum atomic E-state index is 12.3. The van der Waals surface area contributed by atoms with E-state index in [9.17, 15) is 4.79 Å². The second kappa shape index (κ2) is 3.95. The minimum absolute atomic E-state index is 0.0221. The smallest absolute Gasteiger partial charge is 0.188 e. The fourth-order valence-electron chi connectivity index (χ4n) is 2.68. The van der Waals surface area contributed by atoms with Gasteiger partial charge in [0.1, 0.15) is 5.58 Å². The van der Waals surface area contributed by atoms with Crippen molar-refractivity contribution in [3.05, 3.63) is 54.3 Å². The first kappa shape index (κ1) is 12.0. The Bertz CT molecular complexity index is 714. The van der Waals surface area contributed by atoms with Gasteiger partial charge < -0.3 is 4.42 Å². The van der Waals surface area contributed by atoms with Crippen LogP contribution in [0.4, 0.5) is 0 Å². The maximum absolute atomic E-state index is 12.3. The van der Waals surface area contributed by atoms with Crippen molar-refractivity contribution in [3.8, 4) is 0 Å². The van der Waals surface area contributed by atoms with Gasteiger partial charge in [-0.25, -0.2) is 0 Å². The zero-order valence-corrected chi connectivity index (χ0v) is 11.2. The summed E-state index contributed by atoms with van der Waals surface area (Å²) >= 11 is 0. The van der Waals surface area contributed by atoms with E-state index in [1.54, 1.807) is 6.26 Å². The summed E-state index contributed by atoms with van der Waals surface area (Å²) in [5, 5.41) is 1.01.